The third kappa shape index (κ3) is 6.63. The van der Waals surface area contributed by atoms with Crippen LogP contribution in [0.4, 0.5) is 10.5 Å². The van der Waals surface area contributed by atoms with Crippen molar-refractivity contribution in [2.45, 2.75) is 12.8 Å². The number of nitrogens with zero attached hydrogens (tertiary/aromatic N) is 1. The predicted octanol–water partition coefficient (Wildman–Crippen LogP) is 1.29. The number of para-hydroxylation sites is 1. The molecule has 0 aliphatic carbocycles. The highest BCUT2D eigenvalue weighted by Gasteiger charge is 2.02. The lowest BCUT2D eigenvalue weighted by Crippen LogP contribution is -2.37. The van der Waals surface area contributed by atoms with E-state index in [-0.39, 0.29) is 19.0 Å². The molecule has 0 saturated heterocycles. The number of rotatable bonds is 8. The number of anilines is 1. The third-order valence-corrected chi connectivity index (χ3v) is 2.78. The van der Waals surface area contributed by atoms with Gasteiger partial charge in [0.25, 0.3) is 0 Å². The fraction of sp³-hybridized carbons (Fsp3) is 0.429. The Kier molecular flexibility index (Phi) is 6.95. The van der Waals surface area contributed by atoms with E-state index in [2.05, 4.69) is 15.5 Å². The Balaban J connectivity index is 2.09. The zero-order valence-corrected chi connectivity index (χ0v) is 11.6. The number of carbonyl (C=O) groups excluding carboxylic acids is 1. The predicted molar refractivity (Wildman–Crippen MR) is 78.0 cm³/mol. The first-order valence-corrected chi connectivity index (χ1v) is 6.59. The first kappa shape index (κ1) is 15.8. The number of benzene rings is 1. The van der Waals surface area contributed by atoms with Gasteiger partial charge in [0, 0.05) is 32.4 Å². The normalized spacial score (nSPS) is 9.85. The number of carboxylic acid groups (broad SMARTS) is 1. The van der Waals surface area contributed by atoms with Crippen LogP contribution in [0, 0.1) is 0 Å². The largest absolute Gasteiger partial charge is 0.481 e. The average molecular weight is 279 g/mol. The molecule has 3 N–H and O–H groups in total. The maximum absolute atomic E-state index is 11.3. The monoisotopic (exact) mass is 279 g/mol. The molecular formula is C14H21N3O3. The molecule has 0 atom stereocenters. The summed E-state index contributed by atoms with van der Waals surface area (Å²) in [5, 5.41) is 13.6. The molecule has 0 aliphatic heterocycles. The Morgan fingerprint density at radius 3 is 2.45 bits per heavy atom. The number of nitrogens with one attached hydrogen (secondary N) is 2. The second kappa shape index (κ2) is 8.79. The Bertz CT molecular complexity index is 423. The molecule has 110 valence electrons. The van der Waals surface area contributed by atoms with Gasteiger partial charge in [-0.05, 0) is 18.6 Å². The summed E-state index contributed by atoms with van der Waals surface area (Å²) in [5.41, 5.74) is 1.14. The van der Waals surface area contributed by atoms with Crippen molar-refractivity contribution >= 4 is 17.7 Å². The van der Waals surface area contributed by atoms with Gasteiger partial charge in [-0.25, -0.2) is 4.79 Å². The number of hydrogen-bond donors (Lipinski definition) is 3. The van der Waals surface area contributed by atoms with Gasteiger partial charge in [0.05, 0.1) is 6.42 Å². The lowest BCUT2D eigenvalue weighted by atomic mass is 10.3. The van der Waals surface area contributed by atoms with Gasteiger partial charge in [-0.3, -0.25) is 4.79 Å². The van der Waals surface area contributed by atoms with Crippen LogP contribution in [0.15, 0.2) is 30.3 Å². The Morgan fingerprint density at radius 2 is 1.80 bits per heavy atom. The molecule has 1 aromatic rings. The van der Waals surface area contributed by atoms with E-state index in [4.69, 9.17) is 5.11 Å². The second-order valence-corrected chi connectivity index (χ2v) is 4.44. The summed E-state index contributed by atoms with van der Waals surface area (Å²) in [6.45, 7) is 1.53. The minimum Gasteiger partial charge on any atom is -0.481 e. The fourth-order valence-electron chi connectivity index (χ4n) is 1.68. The van der Waals surface area contributed by atoms with Crippen molar-refractivity contribution in [1.82, 2.24) is 10.6 Å². The van der Waals surface area contributed by atoms with Crippen molar-refractivity contribution in [1.29, 1.82) is 0 Å². The van der Waals surface area contributed by atoms with Crippen molar-refractivity contribution < 1.29 is 14.7 Å². The summed E-state index contributed by atoms with van der Waals surface area (Å²) in [7, 11) is 2.00. The highest BCUT2D eigenvalue weighted by molar-refractivity contribution is 5.74. The minimum atomic E-state index is -0.921. The minimum absolute atomic E-state index is 0.0653. The van der Waals surface area contributed by atoms with Gasteiger partial charge >= 0.3 is 12.0 Å². The van der Waals surface area contributed by atoms with E-state index in [9.17, 15) is 9.59 Å². The molecule has 0 bridgehead atoms. The van der Waals surface area contributed by atoms with Gasteiger partial charge in [0.15, 0.2) is 0 Å². The van der Waals surface area contributed by atoms with Gasteiger partial charge in [-0.15, -0.1) is 0 Å². The number of aliphatic carboxylic acids is 1. The van der Waals surface area contributed by atoms with Crippen LogP contribution in [0.3, 0.4) is 0 Å². The number of urea groups is 1. The zero-order chi connectivity index (χ0) is 14.8. The smallest absolute Gasteiger partial charge is 0.314 e. The SMILES string of the molecule is CN(CCCNC(=O)NCCC(=O)O)c1ccccc1. The molecule has 0 heterocycles. The molecule has 0 aromatic heterocycles. The first-order chi connectivity index (χ1) is 9.59. The van der Waals surface area contributed by atoms with E-state index in [1.807, 2.05) is 37.4 Å². The lowest BCUT2D eigenvalue weighted by molar-refractivity contribution is -0.136. The van der Waals surface area contributed by atoms with Crippen molar-refractivity contribution in [3.63, 3.8) is 0 Å². The molecule has 0 saturated carbocycles. The van der Waals surface area contributed by atoms with Crippen LogP contribution in [0.2, 0.25) is 0 Å². The summed E-state index contributed by atoms with van der Waals surface area (Å²) in [6.07, 6.45) is 0.752. The molecular weight excluding hydrogens is 258 g/mol. The molecule has 1 rings (SSSR count). The van der Waals surface area contributed by atoms with E-state index in [0.717, 1.165) is 18.7 Å². The molecule has 6 heteroatoms. The number of carboxylic acids is 1. The van der Waals surface area contributed by atoms with Crippen LogP contribution >= 0.6 is 0 Å². The molecule has 1 aromatic carbocycles. The fourth-order valence-corrected chi connectivity index (χ4v) is 1.68. The van der Waals surface area contributed by atoms with Crippen LogP contribution in [-0.4, -0.2) is 43.8 Å². The van der Waals surface area contributed by atoms with Gasteiger partial charge < -0.3 is 20.6 Å². The molecule has 0 fully saturated rings. The second-order valence-electron chi connectivity index (χ2n) is 4.44. The molecule has 20 heavy (non-hydrogen) atoms. The highest BCUT2D eigenvalue weighted by atomic mass is 16.4. The summed E-state index contributed by atoms with van der Waals surface area (Å²) in [4.78, 5) is 23.7. The molecule has 0 spiro atoms. The molecule has 0 unspecified atom stereocenters. The van der Waals surface area contributed by atoms with Crippen LogP contribution in [0.1, 0.15) is 12.8 Å². The van der Waals surface area contributed by atoms with E-state index in [1.165, 1.54) is 0 Å². The topological polar surface area (TPSA) is 81.7 Å². The standard InChI is InChI=1S/C14H21N3O3/c1-17(12-6-3-2-4-7-12)11-5-9-15-14(20)16-10-8-13(18)19/h2-4,6-7H,5,8-11H2,1H3,(H,18,19)(H2,15,16,20). The van der Waals surface area contributed by atoms with E-state index in [0.29, 0.717) is 6.54 Å². The number of amides is 2. The van der Waals surface area contributed by atoms with Crippen LogP contribution in [0.5, 0.6) is 0 Å². The Labute approximate surface area is 118 Å². The molecule has 0 radical (unpaired) electrons. The quantitative estimate of drug-likeness (QED) is 0.626. The summed E-state index contributed by atoms with van der Waals surface area (Å²) < 4.78 is 0. The van der Waals surface area contributed by atoms with Crippen LogP contribution < -0.4 is 15.5 Å². The molecule has 2 amide bonds. The Hall–Kier alpha value is -2.24. The summed E-state index contributed by atoms with van der Waals surface area (Å²) in [5.74, 6) is -0.921. The van der Waals surface area contributed by atoms with E-state index in [1.54, 1.807) is 0 Å². The van der Waals surface area contributed by atoms with Crippen molar-refractivity contribution in [2.24, 2.45) is 0 Å². The van der Waals surface area contributed by atoms with E-state index >= 15 is 0 Å². The number of carbonyl (C=O) groups is 2. The summed E-state index contributed by atoms with van der Waals surface area (Å²) >= 11 is 0. The maximum atomic E-state index is 11.3. The van der Waals surface area contributed by atoms with Gasteiger partial charge in [0.1, 0.15) is 0 Å². The first-order valence-electron chi connectivity index (χ1n) is 6.59. The Morgan fingerprint density at radius 1 is 1.15 bits per heavy atom. The number of hydrogen-bond acceptors (Lipinski definition) is 3. The van der Waals surface area contributed by atoms with Gasteiger partial charge in [-0.2, -0.15) is 0 Å². The molecule has 6 nitrogen and oxygen atoms in total. The lowest BCUT2D eigenvalue weighted by Gasteiger charge is -2.19. The molecule has 0 aliphatic rings. The van der Waals surface area contributed by atoms with E-state index < -0.39 is 5.97 Å². The zero-order valence-electron chi connectivity index (χ0n) is 11.6. The van der Waals surface area contributed by atoms with Crippen molar-refractivity contribution in [3.05, 3.63) is 30.3 Å². The van der Waals surface area contributed by atoms with Crippen molar-refractivity contribution in [3.8, 4) is 0 Å². The summed E-state index contributed by atoms with van der Waals surface area (Å²) in [6, 6.07) is 9.69. The van der Waals surface area contributed by atoms with Crippen molar-refractivity contribution in [2.75, 3.05) is 31.6 Å². The van der Waals surface area contributed by atoms with Gasteiger partial charge in [0.2, 0.25) is 0 Å². The van der Waals surface area contributed by atoms with Crippen LogP contribution in [0.25, 0.3) is 0 Å². The highest BCUT2D eigenvalue weighted by Crippen LogP contribution is 2.10. The average Bonchev–Trinajstić information content (AvgIpc) is 2.44. The van der Waals surface area contributed by atoms with Gasteiger partial charge in [-0.1, -0.05) is 18.2 Å². The maximum Gasteiger partial charge on any atom is 0.314 e. The van der Waals surface area contributed by atoms with Crippen LogP contribution in [-0.2, 0) is 4.79 Å². The third-order valence-electron chi connectivity index (χ3n) is 2.78.